The van der Waals surface area contributed by atoms with Crippen LogP contribution in [0.2, 0.25) is 0 Å². The lowest BCUT2D eigenvalue weighted by atomic mass is 10.1. The fourth-order valence-electron chi connectivity index (χ4n) is 2.16. The zero-order valence-electron chi connectivity index (χ0n) is 10.7. The van der Waals surface area contributed by atoms with Gasteiger partial charge >= 0.3 is 0 Å². The number of likely N-dealkylation sites (tertiary alicyclic amines) is 1. The average molecular weight is 261 g/mol. The first-order valence-corrected chi connectivity index (χ1v) is 6.38. The largest absolute Gasteiger partial charge is 0.342 e. The number of hydrogen-bond donors (Lipinski definition) is 1. The molecule has 0 saturated carbocycles. The van der Waals surface area contributed by atoms with Crippen LogP contribution in [0.15, 0.2) is 18.2 Å². The molecule has 1 amide bonds. The number of nitriles is 1. The average Bonchev–Trinajstić information content (AvgIpc) is 2.94. The fraction of sp³-hybridized carbons (Fsp3) is 0.429. The van der Waals surface area contributed by atoms with E-state index < -0.39 is 5.82 Å². The summed E-state index contributed by atoms with van der Waals surface area (Å²) in [6.07, 6.45) is 2.16. The molecule has 5 heteroatoms. The lowest BCUT2D eigenvalue weighted by Crippen LogP contribution is -2.35. The van der Waals surface area contributed by atoms with Gasteiger partial charge in [-0.3, -0.25) is 4.79 Å². The number of carbonyl (C=O) groups is 1. The molecule has 1 aromatic rings. The number of halogens is 1. The van der Waals surface area contributed by atoms with E-state index in [1.807, 2.05) is 4.90 Å². The van der Waals surface area contributed by atoms with Crippen LogP contribution in [0.5, 0.6) is 0 Å². The van der Waals surface area contributed by atoms with Crippen molar-refractivity contribution in [2.45, 2.75) is 19.4 Å². The first-order valence-electron chi connectivity index (χ1n) is 6.38. The summed E-state index contributed by atoms with van der Waals surface area (Å²) in [5.74, 6) is -0.417. The number of benzene rings is 1. The molecule has 1 aromatic carbocycles. The van der Waals surface area contributed by atoms with Gasteiger partial charge in [0.2, 0.25) is 5.91 Å². The zero-order chi connectivity index (χ0) is 13.7. The molecule has 0 unspecified atom stereocenters. The van der Waals surface area contributed by atoms with Gasteiger partial charge in [0.05, 0.1) is 12.1 Å². The summed E-state index contributed by atoms with van der Waals surface area (Å²) in [5.41, 5.74) is 0.831. The fourth-order valence-corrected chi connectivity index (χ4v) is 2.16. The number of nitrogens with zero attached hydrogens (tertiary/aromatic N) is 2. The Morgan fingerprint density at radius 2 is 2.16 bits per heavy atom. The van der Waals surface area contributed by atoms with E-state index in [4.69, 9.17) is 5.26 Å². The van der Waals surface area contributed by atoms with E-state index in [9.17, 15) is 9.18 Å². The monoisotopic (exact) mass is 261 g/mol. The topological polar surface area (TPSA) is 56.1 Å². The van der Waals surface area contributed by atoms with Gasteiger partial charge in [-0.1, -0.05) is 6.07 Å². The van der Waals surface area contributed by atoms with Crippen molar-refractivity contribution < 1.29 is 9.18 Å². The van der Waals surface area contributed by atoms with Crippen LogP contribution in [-0.4, -0.2) is 30.4 Å². The Kier molecular flexibility index (Phi) is 4.48. The third kappa shape index (κ3) is 3.52. The maximum absolute atomic E-state index is 13.1. The van der Waals surface area contributed by atoms with E-state index in [-0.39, 0.29) is 18.0 Å². The first kappa shape index (κ1) is 13.5. The molecular weight excluding hydrogens is 245 g/mol. The molecule has 0 atom stereocenters. The second kappa shape index (κ2) is 6.30. The number of carbonyl (C=O) groups excluding carboxylic acids is 1. The molecule has 1 aliphatic rings. The Labute approximate surface area is 111 Å². The second-order valence-corrected chi connectivity index (χ2v) is 4.62. The second-order valence-electron chi connectivity index (χ2n) is 4.62. The van der Waals surface area contributed by atoms with Gasteiger partial charge in [0.15, 0.2) is 0 Å². The van der Waals surface area contributed by atoms with Gasteiger partial charge in [-0.05, 0) is 30.5 Å². The third-order valence-electron chi connectivity index (χ3n) is 3.22. The van der Waals surface area contributed by atoms with E-state index in [1.165, 1.54) is 12.1 Å². The van der Waals surface area contributed by atoms with E-state index in [2.05, 4.69) is 5.32 Å². The van der Waals surface area contributed by atoms with Gasteiger partial charge in [0, 0.05) is 19.6 Å². The Hall–Kier alpha value is -1.93. The molecular formula is C14H16FN3O. The lowest BCUT2D eigenvalue weighted by molar-refractivity contribution is -0.129. The number of nitrogens with one attached hydrogen (secondary N) is 1. The van der Waals surface area contributed by atoms with Crippen LogP contribution in [-0.2, 0) is 11.3 Å². The molecule has 0 bridgehead atoms. The molecule has 1 aliphatic heterocycles. The van der Waals surface area contributed by atoms with Crippen molar-refractivity contribution in [1.29, 1.82) is 5.26 Å². The Balaban J connectivity index is 1.82. The van der Waals surface area contributed by atoms with Crippen LogP contribution in [0.1, 0.15) is 24.0 Å². The minimum atomic E-state index is -0.514. The molecule has 1 saturated heterocycles. The van der Waals surface area contributed by atoms with Crippen molar-refractivity contribution in [3.8, 4) is 6.07 Å². The predicted octanol–water partition coefficient (Wildman–Crippen LogP) is 1.41. The van der Waals surface area contributed by atoms with E-state index >= 15 is 0 Å². The highest BCUT2D eigenvalue weighted by Gasteiger charge is 2.16. The van der Waals surface area contributed by atoms with Crippen molar-refractivity contribution in [3.63, 3.8) is 0 Å². The molecule has 1 N–H and O–H groups in total. The summed E-state index contributed by atoms with van der Waals surface area (Å²) < 4.78 is 13.1. The van der Waals surface area contributed by atoms with Gasteiger partial charge in [0.25, 0.3) is 0 Å². The van der Waals surface area contributed by atoms with Crippen LogP contribution in [0.4, 0.5) is 4.39 Å². The quantitative estimate of drug-likeness (QED) is 0.891. The molecule has 1 fully saturated rings. The van der Waals surface area contributed by atoms with Crippen LogP contribution >= 0.6 is 0 Å². The Bertz CT molecular complexity index is 504. The minimum absolute atomic E-state index is 0.0326. The SMILES string of the molecule is N#Cc1cc(CNCC(=O)N2CCCC2)ccc1F. The Morgan fingerprint density at radius 1 is 1.42 bits per heavy atom. The van der Waals surface area contributed by atoms with Gasteiger partial charge in [-0.2, -0.15) is 5.26 Å². The maximum Gasteiger partial charge on any atom is 0.236 e. The van der Waals surface area contributed by atoms with Gasteiger partial charge < -0.3 is 10.2 Å². The third-order valence-corrected chi connectivity index (χ3v) is 3.22. The molecule has 0 spiro atoms. The summed E-state index contributed by atoms with van der Waals surface area (Å²) in [4.78, 5) is 13.6. The summed E-state index contributed by atoms with van der Waals surface area (Å²) in [6, 6.07) is 6.19. The van der Waals surface area contributed by atoms with E-state index in [1.54, 1.807) is 12.1 Å². The summed E-state index contributed by atoms with van der Waals surface area (Å²) >= 11 is 0. The van der Waals surface area contributed by atoms with Crippen molar-refractivity contribution in [1.82, 2.24) is 10.2 Å². The highest BCUT2D eigenvalue weighted by atomic mass is 19.1. The molecule has 2 rings (SSSR count). The lowest BCUT2D eigenvalue weighted by Gasteiger charge is -2.15. The smallest absolute Gasteiger partial charge is 0.236 e. The molecule has 19 heavy (non-hydrogen) atoms. The van der Waals surface area contributed by atoms with E-state index in [0.29, 0.717) is 6.54 Å². The molecule has 0 radical (unpaired) electrons. The van der Waals surface area contributed by atoms with Gasteiger partial charge in [-0.15, -0.1) is 0 Å². The molecule has 0 aliphatic carbocycles. The zero-order valence-corrected chi connectivity index (χ0v) is 10.7. The summed E-state index contributed by atoms with van der Waals surface area (Å²) in [6.45, 7) is 2.42. The summed E-state index contributed by atoms with van der Waals surface area (Å²) in [7, 11) is 0. The molecule has 0 aromatic heterocycles. The van der Waals surface area contributed by atoms with Crippen molar-refractivity contribution in [2.75, 3.05) is 19.6 Å². The first-order chi connectivity index (χ1) is 9.20. The minimum Gasteiger partial charge on any atom is -0.342 e. The molecule has 100 valence electrons. The maximum atomic E-state index is 13.1. The van der Waals surface area contributed by atoms with Crippen LogP contribution < -0.4 is 5.32 Å². The standard InChI is InChI=1S/C14H16FN3O/c15-13-4-3-11(7-12(13)8-16)9-17-10-14(19)18-5-1-2-6-18/h3-4,7,17H,1-2,5-6,9-10H2. The van der Waals surface area contributed by atoms with Crippen LogP contribution in [0.25, 0.3) is 0 Å². The van der Waals surface area contributed by atoms with Crippen molar-refractivity contribution in [2.24, 2.45) is 0 Å². The molecule has 4 nitrogen and oxygen atoms in total. The number of rotatable bonds is 4. The predicted molar refractivity (Wildman–Crippen MR) is 68.6 cm³/mol. The number of hydrogen-bond acceptors (Lipinski definition) is 3. The van der Waals surface area contributed by atoms with E-state index in [0.717, 1.165) is 31.5 Å². The highest BCUT2D eigenvalue weighted by molar-refractivity contribution is 5.78. The van der Waals surface area contributed by atoms with Crippen molar-refractivity contribution in [3.05, 3.63) is 35.1 Å². The van der Waals surface area contributed by atoms with Gasteiger partial charge in [0.1, 0.15) is 11.9 Å². The number of amides is 1. The Morgan fingerprint density at radius 3 is 2.84 bits per heavy atom. The van der Waals surface area contributed by atoms with Crippen LogP contribution in [0.3, 0.4) is 0 Å². The van der Waals surface area contributed by atoms with Gasteiger partial charge in [-0.25, -0.2) is 4.39 Å². The molecule has 1 heterocycles. The normalized spacial score (nSPS) is 14.4. The summed E-state index contributed by atoms with van der Waals surface area (Å²) in [5, 5.41) is 11.8. The van der Waals surface area contributed by atoms with Crippen LogP contribution in [0, 0.1) is 17.1 Å². The highest BCUT2D eigenvalue weighted by Crippen LogP contribution is 2.10. The van der Waals surface area contributed by atoms with Crippen molar-refractivity contribution >= 4 is 5.91 Å².